The number of benzene rings is 1. The maximum Gasteiger partial charge on any atom is 0.335 e. The highest BCUT2D eigenvalue weighted by Crippen LogP contribution is 2.31. The van der Waals surface area contributed by atoms with Gasteiger partial charge in [-0.05, 0) is 23.8 Å². The number of carboxylic acids is 1. The second-order valence-corrected chi connectivity index (χ2v) is 5.70. The molecule has 1 aromatic rings. The van der Waals surface area contributed by atoms with Crippen molar-refractivity contribution in [2.45, 2.75) is 36.8 Å². The molecule has 2 rings (SSSR count). The molecule has 1 saturated carbocycles. The zero-order valence-electron chi connectivity index (χ0n) is 12.6. The molecule has 8 heteroatoms. The van der Waals surface area contributed by atoms with Gasteiger partial charge in [-0.15, -0.1) is 0 Å². The van der Waals surface area contributed by atoms with Gasteiger partial charge in [-0.25, -0.2) is 9.59 Å². The fraction of sp³-hybridized carbons (Fsp3) is 0.375. The summed E-state index contributed by atoms with van der Waals surface area (Å²) in [6.45, 7) is 0. The lowest BCUT2D eigenvalue weighted by molar-refractivity contribution is -0.196. The molecule has 0 spiro atoms. The number of esters is 1. The summed E-state index contributed by atoms with van der Waals surface area (Å²) in [7, 11) is 0. The van der Waals surface area contributed by atoms with Crippen LogP contribution in [-0.4, -0.2) is 61.4 Å². The summed E-state index contributed by atoms with van der Waals surface area (Å²) in [5.74, 6) is -2.36. The lowest BCUT2D eigenvalue weighted by atomic mass is 9.79. The summed E-state index contributed by atoms with van der Waals surface area (Å²) in [6.07, 6.45) is -3.00. The summed E-state index contributed by atoms with van der Waals surface area (Å²) in [4.78, 5) is 22.9. The Morgan fingerprint density at radius 2 is 1.79 bits per heavy atom. The van der Waals surface area contributed by atoms with Gasteiger partial charge in [-0.1, -0.05) is 12.1 Å². The van der Waals surface area contributed by atoms with Crippen molar-refractivity contribution in [3.8, 4) is 5.75 Å². The molecule has 1 aliphatic rings. The maximum absolute atomic E-state index is 11.8. The number of hydrogen-bond donors (Lipinski definition) is 5. The van der Waals surface area contributed by atoms with Crippen LogP contribution in [0.25, 0.3) is 6.08 Å². The average Bonchev–Trinajstić information content (AvgIpc) is 2.51. The predicted molar refractivity (Wildman–Crippen MR) is 80.9 cm³/mol. The van der Waals surface area contributed by atoms with Gasteiger partial charge in [0.25, 0.3) is 0 Å². The van der Waals surface area contributed by atoms with E-state index >= 15 is 0 Å². The normalized spacial score (nSPS) is 30.2. The molecule has 0 unspecified atom stereocenters. The van der Waals surface area contributed by atoms with Crippen molar-refractivity contribution in [1.29, 1.82) is 0 Å². The van der Waals surface area contributed by atoms with E-state index in [1.54, 1.807) is 12.1 Å². The number of hydrogen-bond acceptors (Lipinski definition) is 7. The quantitative estimate of drug-likeness (QED) is 0.370. The van der Waals surface area contributed by atoms with Crippen LogP contribution in [0.3, 0.4) is 0 Å². The van der Waals surface area contributed by atoms with Gasteiger partial charge in [0.15, 0.2) is 5.60 Å². The van der Waals surface area contributed by atoms with E-state index in [9.17, 15) is 24.9 Å². The molecule has 0 heterocycles. The Labute approximate surface area is 137 Å². The fourth-order valence-electron chi connectivity index (χ4n) is 2.48. The van der Waals surface area contributed by atoms with Crippen molar-refractivity contribution < 1.29 is 39.9 Å². The highest BCUT2D eigenvalue weighted by molar-refractivity contribution is 5.87. The first-order valence-electron chi connectivity index (χ1n) is 7.21. The van der Waals surface area contributed by atoms with E-state index in [0.717, 1.165) is 6.08 Å². The molecule has 0 aliphatic heterocycles. The van der Waals surface area contributed by atoms with E-state index in [0.29, 0.717) is 5.56 Å². The second kappa shape index (κ2) is 7.00. The molecule has 130 valence electrons. The van der Waals surface area contributed by atoms with Crippen LogP contribution >= 0.6 is 0 Å². The largest absolute Gasteiger partial charge is 0.508 e. The second-order valence-electron chi connectivity index (χ2n) is 5.70. The number of aromatic hydroxyl groups is 1. The zero-order valence-corrected chi connectivity index (χ0v) is 12.6. The van der Waals surface area contributed by atoms with Gasteiger partial charge < -0.3 is 30.3 Å². The molecule has 0 saturated heterocycles. The minimum Gasteiger partial charge on any atom is -0.508 e. The van der Waals surface area contributed by atoms with Gasteiger partial charge in [0.1, 0.15) is 18.0 Å². The summed E-state index contributed by atoms with van der Waals surface area (Å²) in [5.41, 5.74) is -1.67. The van der Waals surface area contributed by atoms with Crippen LogP contribution in [0.2, 0.25) is 0 Å². The summed E-state index contributed by atoms with van der Waals surface area (Å²) in [6, 6.07) is 5.97. The van der Waals surface area contributed by atoms with Gasteiger partial charge in [-0.2, -0.15) is 0 Å². The minimum atomic E-state index is -2.27. The summed E-state index contributed by atoms with van der Waals surface area (Å²) < 4.78 is 4.96. The lowest BCUT2D eigenvalue weighted by Gasteiger charge is -2.39. The number of carbonyl (C=O) groups is 2. The number of carboxylic acid groups (broad SMARTS) is 1. The van der Waals surface area contributed by atoms with E-state index < -0.39 is 48.7 Å². The van der Waals surface area contributed by atoms with Gasteiger partial charge in [0.05, 0.1) is 6.10 Å². The highest BCUT2D eigenvalue weighted by atomic mass is 16.6. The standard InChI is InChI=1S/C16H18O8/c17-10-4-1-9(2-5-10)3-6-13(19)24-12-8-16(23,15(21)22)7-11(18)14(12)20/h1-6,11-12,14,17-18,20,23H,7-8H2,(H,21,22)/t11-,12-,14-,16-/m1/s1. The maximum atomic E-state index is 11.8. The van der Waals surface area contributed by atoms with E-state index in [-0.39, 0.29) is 5.75 Å². The number of aliphatic hydroxyl groups is 3. The molecule has 1 fully saturated rings. The van der Waals surface area contributed by atoms with Crippen molar-refractivity contribution >= 4 is 18.0 Å². The molecule has 1 aliphatic carbocycles. The first-order valence-corrected chi connectivity index (χ1v) is 7.21. The molecule has 0 aromatic heterocycles. The zero-order chi connectivity index (χ0) is 17.9. The molecular formula is C16H18O8. The average molecular weight is 338 g/mol. The topological polar surface area (TPSA) is 145 Å². The third-order valence-corrected chi connectivity index (χ3v) is 3.83. The molecule has 1 aromatic carbocycles. The molecule has 5 N–H and O–H groups in total. The van der Waals surface area contributed by atoms with Crippen molar-refractivity contribution in [1.82, 2.24) is 0 Å². The number of phenols is 1. The Bertz CT molecular complexity index is 638. The van der Waals surface area contributed by atoms with Crippen LogP contribution in [0.5, 0.6) is 5.75 Å². The van der Waals surface area contributed by atoms with Gasteiger partial charge in [-0.3, -0.25) is 0 Å². The Morgan fingerprint density at radius 3 is 2.38 bits per heavy atom. The summed E-state index contributed by atoms with van der Waals surface area (Å²) in [5, 5.41) is 47.6. The van der Waals surface area contributed by atoms with Crippen LogP contribution < -0.4 is 0 Å². The SMILES string of the molecule is O=C(C=Cc1ccc(O)cc1)O[C@@H]1C[C@@](O)(C(=O)O)C[C@@H](O)[C@H]1O. The smallest absolute Gasteiger partial charge is 0.335 e. The van der Waals surface area contributed by atoms with Gasteiger partial charge in [0.2, 0.25) is 0 Å². The first kappa shape index (κ1) is 17.9. The predicted octanol–water partition coefficient (Wildman–Crippen LogP) is -0.352. The van der Waals surface area contributed by atoms with Crippen molar-refractivity contribution in [3.63, 3.8) is 0 Å². The van der Waals surface area contributed by atoms with Crippen LogP contribution in [-0.2, 0) is 14.3 Å². The lowest BCUT2D eigenvalue weighted by Crippen LogP contribution is -2.57. The molecule has 0 radical (unpaired) electrons. The highest BCUT2D eigenvalue weighted by Gasteiger charge is 2.50. The molecule has 0 amide bonds. The molecule has 8 nitrogen and oxygen atoms in total. The third kappa shape index (κ3) is 4.10. The van der Waals surface area contributed by atoms with E-state index in [4.69, 9.17) is 14.9 Å². The van der Waals surface area contributed by atoms with Crippen molar-refractivity contribution in [2.24, 2.45) is 0 Å². The number of aliphatic hydroxyl groups excluding tert-OH is 2. The third-order valence-electron chi connectivity index (χ3n) is 3.83. The van der Waals surface area contributed by atoms with E-state index in [1.165, 1.54) is 18.2 Å². The van der Waals surface area contributed by atoms with Crippen molar-refractivity contribution in [2.75, 3.05) is 0 Å². The van der Waals surface area contributed by atoms with Gasteiger partial charge in [0, 0.05) is 18.9 Å². The molecule has 24 heavy (non-hydrogen) atoms. The number of aliphatic carboxylic acids is 1. The van der Waals surface area contributed by atoms with E-state index in [1.807, 2.05) is 0 Å². The number of ether oxygens (including phenoxy) is 1. The van der Waals surface area contributed by atoms with Crippen LogP contribution in [0.15, 0.2) is 30.3 Å². The summed E-state index contributed by atoms with van der Waals surface area (Å²) >= 11 is 0. The first-order chi connectivity index (χ1) is 11.2. The van der Waals surface area contributed by atoms with Crippen molar-refractivity contribution in [3.05, 3.63) is 35.9 Å². The van der Waals surface area contributed by atoms with E-state index in [2.05, 4.69) is 0 Å². The minimum absolute atomic E-state index is 0.0713. The van der Waals surface area contributed by atoms with Crippen LogP contribution in [0.4, 0.5) is 0 Å². The molecular weight excluding hydrogens is 320 g/mol. The van der Waals surface area contributed by atoms with Crippen LogP contribution in [0, 0.1) is 0 Å². The fourth-order valence-corrected chi connectivity index (χ4v) is 2.48. The Hall–Kier alpha value is -2.42. The Kier molecular flexibility index (Phi) is 5.23. The molecule has 0 bridgehead atoms. The number of phenolic OH excluding ortho intramolecular Hbond substituents is 1. The molecule has 4 atom stereocenters. The Balaban J connectivity index is 2.03. The van der Waals surface area contributed by atoms with Crippen LogP contribution in [0.1, 0.15) is 18.4 Å². The monoisotopic (exact) mass is 338 g/mol. The Morgan fingerprint density at radius 1 is 1.17 bits per heavy atom. The number of rotatable bonds is 4. The van der Waals surface area contributed by atoms with Gasteiger partial charge >= 0.3 is 11.9 Å². The number of carbonyl (C=O) groups excluding carboxylic acids is 1.